The van der Waals surface area contributed by atoms with Crippen molar-refractivity contribution in [3.63, 3.8) is 0 Å². The van der Waals surface area contributed by atoms with Crippen LogP contribution in [0.25, 0.3) is 0 Å². The zero-order valence-corrected chi connectivity index (χ0v) is 14.4. The number of likely N-dealkylation sites (N-methyl/N-ethyl adjacent to an activating group) is 1. The standard InChI is InChI=1S/C15H21F2NO2.C2H6/c1-13(2,14(3,4)18-5)10-6-8-11(9-7-10)15(16,17)12(19)20;1-2/h6-9,18H,1-5H3,(H,19,20);1-2H3. The first-order valence-corrected chi connectivity index (χ1v) is 7.38. The monoisotopic (exact) mass is 315 g/mol. The number of alkyl halides is 2. The third-order valence-electron chi connectivity index (χ3n) is 4.43. The molecule has 0 fully saturated rings. The number of carboxylic acid groups (broad SMARTS) is 1. The lowest BCUT2D eigenvalue weighted by Gasteiger charge is -2.42. The first kappa shape index (κ1) is 20.5. The van der Waals surface area contributed by atoms with Crippen LogP contribution in [0.4, 0.5) is 8.78 Å². The molecule has 0 amide bonds. The van der Waals surface area contributed by atoms with Crippen LogP contribution in [0.3, 0.4) is 0 Å². The molecule has 1 rings (SSSR count). The SMILES string of the molecule is CC.CNC(C)(C)C(C)(C)c1ccc(C(F)(F)C(=O)O)cc1. The summed E-state index contributed by atoms with van der Waals surface area (Å²) in [6.45, 7) is 12.1. The molecule has 126 valence electrons. The van der Waals surface area contributed by atoms with E-state index in [1.165, 1.54) is 12.1 Å². The molecule has 2 N–H and O–H groups in total. The Balaban J connectivity index is 0.00000211. The lowest BCUT2D eigenvalue weighted by molar-refractivity contribution is -0.166. The van der Waals surface area contributed by atoms with E-state index in [4.69, 9.17) is 5.11 Å². The van der Waals surface area contributed by atoms with E-state index < -0.39 is 17.5 Å². The zero-order chi connectivity index (χ0) is 17.8. The van der Waals surface area contributed by atoms with Crippen molar-refractivity contribution in [1.29, 1.82) is 0 Å². The summed E-state index contributed by atoms with van der Waals surface area (Å²) in [7, 11) is 1.84. The van der Waals surface area contributed by atoms with Crippen LogP contribution >= 0.6 is 0 Å². The topological polar surface area (TPSA) is 49.3 Å². The number of halogens is 2. The molecule has 0 spiro atoms. The second-order valence-corrected chi connectivity index (χ2v) is 5.96. The predicted molar refractivity (Wildman–Crippen MR) is 85.5 cm³/mol. The minimum Gasteiger partial charge on any atom is -0.477 e. The summed E-state index contributed by atoms with van der Waals surface area (Å²) in [6, 6.07) is 5.48. The Morgan fingerprint density at radius 3 is 1.68 bits per heavy atom. The van der Waals surface area contributed by atoms with Crippen LogP contribution in [0, 0.1) is 0 Å². The van der Waals surface area contributed by atoms with E-state index in [1.54, 1.807) is 12.1 Å². The van der Waals surface area contributed by atoms with Crippen molar-refractivity contribution in [3.8, 4) is 0 Å². The van der Waals surface area contributed by atoms with Crippen LogP contribution < -0.4 is 5.32 Å². The van der Waals surface area contributed by atoms with Gasteiger partial charge in [0, 0.05) is 16.5 Å². The molecule has 0 radical (unpaired) electrons. The van der Waals surface area contributed by atoms with Crippen LogP contribution in [0.5, 0.6) is 0 Å². The molecule has 0 aliphatic rings. The predicted octanol–water partition coefficient (Wildman–Crippen LogP) is 4.16. The normalized spacial score (nSPS) is 12.4. The van der Waals surface area contributed by atoms with Gasteiger partial charge < -0.3 is 10.4 Å². The molecule has 0 heterocycles. The second-order valence-electron chi connectivity index (χ2n) is 5.96. The molecule has 0 bridgehead atoms. The molecule has 5 heteroatoms. The van der Waals surface area contributed by atoms with E-state index in [0.717, 1.165) is 5.56 Å². The maximum atomic E-state index is 13.4. The number of benzene rings is 1. The fourth-order valence-corrected chi connectivity index (χ4v) is 1.89. The van der Waals surface area contributed by atoms with E-state index in [9.17, 15) is 13.6 Å². The number of aliphatic carboxylic acids is 1. The average Bonchev–Trinajstić information content (AvgIpc) is 2.49. The van der Waals surface area contributed by atoms with E-state index in [2.05, 4.69) is 5.32 Å². The Hall–Kier alpha value is -1.49. The van der Waals surface area contributed by atoms with Gasteiger partial charge in [0.1, 0.15) is 0 Å². The van der Waals surface area contributed by atoms with Gasteiger partial charge in [-0.3, -0.25) is 0 Å². The van der Waals surface area contributed by atoms with Gasteiger partial charge in [-0.1, -0.05) is 52.0 Å². The number of rotatable bonds is 5. The van der Waals surface area contributed by atoms with Crippen molar-refractivity contribution in [2.75, 3.05) is 7.05 Å². The van der Waals surface area contributed by atoms with Gasteiger partial charge in [-0.2, -0.15) is 8.78 Å². The minimum absolute atomic E-state index is 0.246. The number of hydrogen-bond donors (Lipinski definition) is 2. The highest BCUT2D eigenvalue weighted by molar-refractivity contribution is 5.77. The Bertz CT molecular complexity index is 494. The summed E-state index contributed by atoms with van der Waals surface area (Å²) >= 11 is 0. The van der Waals surface area contributed by atoms with E-state index >= 15 is 0 Å². The van der Waals surface area contributed by atoms with Crippen molar-refractivity contribution in [2.24, 2.45) is 0 Å². The maximum absolute atomic E-state index is 13.4. The fraction of sp³-hybridized carbons (Fsp3) is 0.588. The van der Waals surface area contributed by atoms with Crippen LogP contribution in [0.15, 0.2) is 24.3 Å². The number of carbonyl (C=O) groups is 1. The van der Waals surface area contributed by atoms with Crippen molar-refractivity contribution < 1.29 is 18.7 Å². The van der Waals surface area contributed by atoms with Crippen molar-refractivity contribution in [2.45, 2.75) is 58.4 Å². The quantitative estimate of drug-likeness (QED) is 0.857. The van der Waals surface area contributed by atoms with Gasteiger partial charge in [-0.25, -0.2) is 4.79 Å². The van der Waals surface area contributed by atoms with E-state index in [1.807, 2.05) is 48.6 Å². The lowest BCUT2D eigenvalue weighted by Crippen LogP contribution is -2.52. The third kappa shape index (κ3) is 3.83. The maximum Gasteiger partial charge on any atom is 0.379 e. The molecule has 0 unspecified atom stereocenters. The number of hydrogen-bond acceptors (Lipinski definition) is 2. The van der Waals surface area contributed by atoms with Crippen molar-refractivity contribution in [3.05, 3.63) is 35.4 Å². The molecule has 3 nitrogen and oxygen atoms in total. The summed E-state index contributed by atoms with van der Waals surface area (Å²) in [5.41, 5.74) is -0.198. The van der Waals surface area contributed by atoms with Crippen LogP contribution in [-0.2, 0) is 16.1 Å². The van der Waals surface area contributed by atoms with E-state index in [0.29, 0.717) is 0 Å². The Morgan fingerprint density at radius 2 is 1.36 bits per heavy atom. The number of nitrogens with one attached hydrogen (secondary N) is 1. The molecular formula is C17H27F2NO2. The average molecular weight is 315 g/mol. The van der Waals surface area contributed by atoms with Gasteiger partial charge in [-0.05, 0) is 26.5 Å². The Labute approximate surface area is 131 Å². The molecule has 0 saturated heterocycles. The molecule has 0 aromatic heterocycles. The largest absolute Gasteiger partial charge is 0.477 e. The van der Waals surface area contributed by atoms with Crippen molar-refractivity contribution >= 4 is 5.97 Å². The molecule has 1 aromatic rings. The second kappa shape index (κ2) is 7.18. The van der Waals surface area contributed by atoms with Gasteiger partial charge >= 0.3 is 11.9 Å². The first-order chi connectivity index (χ1) is 9.96. The van der Waals surface area contributed by atoms with Gasteiger partial charge in [0.05, 0.1) is 0 Å². The smallest absolute Gasteiger partial charge is 0.379 e. The summed E-state index contributed by atoms with van der Waals surface area (Å²) in [4.78, 5) is 10.5. The molecular weight excluding hydrogens is 288 g/mol. The van der Waals surface area contributed by atoms with Gasteiger partial charge in [0.15, 0.2) is 0 Å². The Morgan fingerprint density at radius 1 is 1.00 bits per heavy atom. The van der Waals surface area contributed by atoms with E-state index in [-0.39, 0.29) is 11.0 Å². The molecule has 0 saturated carbocycles. The molecule has 1 aromatic carbocycles. The van der Waals surface area contributed by atoms with Crippen LogP contribution in [0.2, 0.25) is 0 Å². The minimum atomic E-state index is -3.86. The van der Waals surface area contributed by atoms with Crippen LogP contribution in [0.1, 0.15) is 52.7 Å². The van der Waals surface area contributed by atoms with Gasteiger partial charge in [0.2, 0.25) is 0 Å². The fourth-order valence-electron chi connectivity index (χ4n) is 1.89. The summed E-state index contributed by atoms with van der Waals surface area (Å²) < 4.78 is 26.8. The number of carboxylic acids is 1. The molecule has 0 aliphatic carbocycles. The molecule has 22 heavy (non-hydrogen) atoms. The van der Waals surface area contributed by atoms with Gasteiger partial charge in [0.25, 0.3) is 0 Å². The lowest BCUT2D eigenvalue weighted by atomic mass is 9.69. The molecule has 0 aliphatic heterocycles. The Kier molecular flexibility index (Phi) is 6.69. The third-order valence-corrected chi connectivity index (χ3v) is 4.43. The van der Waals surface area contributed by atoms with Crippen LogP contribution in [-0.4, -0.2) is 23.7 Å². The highest BCUT2D eigenvalue weighted by atomic mass is 19.3. The molecule has 0 atom stereocenters. The highest BCUT2D eigenvalue weighted by Gasteiger charge is 2.42. The first-order valence-electron chi connectivity index (χ1n) is 7.38. The highest BCUT2D eigenvalue weighted by Crippen LogP contribution is 2.36. The summed E-state index contributed by atoms with van der Waals surface area (Å²) in [5.74, 6) is -6.00. The summed E-state index contributed by atoms with van der Waals surface area (Å²) in [6.07, 6.45) is 0. The van der Waals surface area contributed by atoms with Crippen molar-refractivity contribution in [1.82, 2.24) is 5.32 Å². The summed E-state index contributed by atoms with van der Waals surface area (Å²) in [5, 5.41) is 11.7. The van der Waals surface area contributed by atoms with Gasteiger partial charge in [-0.15, -0.1) is 0 Å². The zero-order valence-electron chi connectivity index (χ0n) is 14.4.